The molecule has 1 aliphatic heterocycles. The molecule has 2 aromatic heterocycles. The van der Waals surface area contributed by atoms with Gasteiger partial charge >= 0.3 is 0 Å². The maximum atomic E-state index is 4.70. The Morgan fingerprint density at radius 2 is 2.09 bits per heavy atom. The lowest BCUT2D eigenvalue weighted by atomic mass is 9.95. The molecule has 3 rings (SSSR count). The summed E-state index contributed by atoms with van der Waals surface area (Å²) < 4.78 is 0. The lowest BCUT2D eigenvalue weighted by Crippen LogP contribution is -2.36. The zero-order valence-corrected chi connectivity index (χ0v) is 13.6. The molecule has 3 heterocycles. The van der Waals surface area contributed by atoms with Gasteiger partial charge in [-0.05, 0) is 45.2 Å². The van der Waals surface area contributed by atoms with E-state index in [1.807, 2.05) is 26.1 Å². The van der Waals surface area contributed by atoms with Gasteiger partial charge in [-0.15, -0.1) is 0 Å². The first kappa shape index (κ1) is 14.9. The van der Waals surface area contributed by atoms with Gasteiger partial charge in [-0.1, -0.05) is 6.92 Å². The van der Waals surface area contributed by atoms with E-state index >= 15 is 0 Å². The van der Waals surface area contributed by atoms with Crippen LogP contribution < -0.4 is 4.90 Å². The average molecular weight is 297 g/mol. The van der Waals surface area contributed by atoms with Crippen LogP contribution >= 0.6 is 0 Å². The molecule has 1 atom stereocenters. The number of anilines is 1. The molecule has 0 radical (unpaired) electrons. The van der Waals surface area contributed by atoms with Crippen molar-refractivity contribution < 1.29 is 0 Å². The number of piperidine rings is 1. The fourth-order valence-corrected chi connectivity index (χ4v) is 3.04. The van der Waals surface area contributed by atoms with Gasteiger partial charge < -0.3 is 4.90 Å². The van der Waals surface area contributed by atoms with Crippen molar-refractivity contribution in [1.82, 2.24) is 19.9 Å². The fourth-order valence-electron chi connectivity index (χ4n) is 3.04. The van der Waals surface area contributed by atoms with Gasteiger partial charge in [0.05, 0.1) is 0 Å². The molecule has 22 heavy (non-hydrogen) atoms. The van der Waals surface area contributed by atoms with Crippen LogP contribution in [-0.4, -0.2) is 33.0 Å². The van der Waals surface area contributed by atoms with Crippen molar-refractivity contribution in [3.8, 4) is 0 Å². The zero-order chi connectivity index (χ0) is 15.5. The van der Waals surface area contributed by atoms with Gasteiger partial charge in [0.1, 0.15) is 5.82 Å². The highest BCUT2D eigenvalue weighted by molar-refractivity contribution is 5.34. The number of hydrogen-bond donors (Lipinski definition) is 0. The van der Waals surface area contributed by atoms with Crippen LogP contribution in [0.1, 0.15) is 48.6 Å². The number of nitrogens with zero attached hydrogens (tertiary/aromatic N) is 5. The molecule has 0 aromatic carbocycles. The Hall–Kier alpha value is -2.04. The molecule has 0 saturated carbocycles. The maximum absolute atomic E-state index is 4.70. The first-order chi connectivity index (χ1) is 10.7. The van der Waals surface area contributed by atoms with E-state index in [1.165, 1.54) is 6.42 Å². The fraction of sp³-hybridized carbons (Fsp3) is 0.529. The van der Waals surface area contributed by atoms with Crippen molar-refractivity contribution >= 4 is 5.95 Å². The minimum atomic E-state index is 0.435. The number of hydrogen-bond acceptors (Lipinski definition) is 5. The molecule has 5 heteroatoms. The van der Waals surface area contributed by atoms with Crippen LogP contribution in [0.5, 0.6) is 0 Å². The van der Waals surface area contributed by atoms with Crippen LogP contribution in [0.25, 0.3) is 0 Å². The quantitative estimate of drug-likeness (QED) is 0.872. The standard InChI is InChI=1S/C17H23N5/c1-4-15-10-12(2)19-17(21-15)22-9-5-6-14(11-22)16-7-8-18-13(3)20-16/h7-8,10,14H,4-6,9,11H2,1-3H3. The summed E-state index contributed by atoms with van der Waals surface area (Å²) in [5, 5.41) is 0. The Morgan fingerprint density at radius 1 is 1.23 bits per heavy atom. The highest BCUT2D eigenvalue weighted by atomic mass is 15.3. The molecule has 0 N–H and O–H groups in total. The Morgan fingerprint density at radius 3 is 2.86 bits per heavy atom. The maximum Gasteiger partial charge on any atom is 0.225 e. The Bertz CT molecular complexity index is 655. The van der Waals surface area contributed by atoms with Crippen LogP contribution in [0.4, 0.5) is 5.95 Å². The summed E-state index contributed by atoms with van der Waals surface area (Å²) in [6.45, 7) is 8.07. The van der Waals surface area contributed by atoms with Crippen LogP contribution in [-0.2, 0) is 6.42 Å². The third kappa shape index (κ3) is 3.24. The molecule has 1 unspecified atom stereocenters. The topological polar surface area (TPSA) is 54.8 Å². The molecule has 2 aromatic rings. The summed E-state index contributed by atoms with van der Waals surface area (Å²) in [5.74, 6) is 2.15. The number of aryl methyl sites for hydroxylation is 3. The SMILES string of the molecule is CCc1cc(C)nc(N2CCCC(c3ccnc(C)n3)C2)n1. The van der Waals surface area contributed by atoms with E-state index in [0.29, 0.717) is 5.92 Å². The normalized spacial score (nSPS) is 18.5. The van der Waals surface area contributed by atoms with E-state index in [0.717, 1.165) is 54.8 Å². The van der Waals surface area contributed by atoms with Gasteiger partial charge in [-0.25, -0.2) is 19.9 Å². The molecular formula is C17H23N5. The van der Waals surface area contributed by atoms with Crippen LogP contribution in [0.15, 0.2) is 18.3 Å². The molecule has 116 valence electrons. The first-order valence-electron chi connectivity index (χ1n) is 8.04. The third-order valence-electron chi connectivity index (χ3n) is 4.18. The van der Waals surface area contributed by atoms with Gasteiger partial charge in [0.25, 0.3) is 0 Å². The Kier molecular flexibility index (Phi) is 4.32. The smallest absolute Gasteiger partial charge is 0.225 e. The molecule has 1 aliphatic rings. The van der Waals surface area contributed by atoms with Crippen molar-refractivity contribution in [2.24, 2.45) is 0 Å². The lowest BCUT2D eigenvalue weighted by molar-refractivity contribution is 0.493. The van der Waals surface area contributed by atoms with E-state index in [4.69, 9.17) is 4.98 Å². The van der Waals surface area contributed by atoms with Gasteiger partial charge in [0, 0.05) is 42.3 Å². The number of rotatable bonds is 3. The van der Waals surface area contributed by atoms with Crippen LogP contribution in [0.2, 0.25) is 0 Å². The molecule has 0 bridgehead atoms. The second-order valence-electron chi connectivity index (χ2n) is 5.97. The second kappa shape index (κ2) is 6.38. The third-order valence-corrected chi connectivity index (χ3v) is 4.18. The van der Waals surface area contributed by atoms with E-state index in [2.05, 4.69) is 32.8 Å². The minimum Gasteiger partial charge on any atom is -0.340 e. The minimum absolute atomic E-state index is 0.435. The second-order valence-corrected chi connectivity index (χ2v) is 5.97. The van der Waals surface area contributed by atoms with Crippen molar-refractivity contribution in [2.45, 2.75) is 46.0 Å². The summed E-state index contributed by atoms with van der Waals surface area (Å²) in [6.07, 6.45) is 5.11. The van der Waals surface area contributed by atoms with Crippen molar-refractivity contribution in [1.29, 1.82) is 0 Å². The van der Waals surface area contributed by atoms with E-state index < -0.39 is 0 Å². The molecule has 0 aliphatic carbocycles. The Balaban J connectivity index is 1.82. The van der Waals surface area contributed by atoms with Crippen molar-refractivity contribution in [3.05, 3.63) is 41.2 Å². The molecular weight excluding hydrogens is 274 g/mol. The number of aromatic nitrogens is 4. The molecule has 5 nitrogen and oxygen atoms in total. The first-order valence-corrected chi connectivity index (χ1v) is 8.04. The van der Waals surface area contributed by atoms with Crippen molar-refractivity contribution in [3.63, 3.8) is 0 Å². The zero-order valence-electron chi connectivity index (χ0n) is 13.6. The predicted octanol–water partition coefficient (Wildman–Crippen LogP) is 2.83. The monoisotopic (exact) mass is 297 g/mol. The highest BCUT2D eigenvalue weighted by Gasteiger charge is 2.24. The summed E-state index contributed by atoms with van der Waals surface area (Å²) >= 11 is 0. The summed E-state index contributed by atoms with van der Waals surface area (Å²) in [7, 11) is 0. The lowest BCUT2D eigenvalue weighted by Gasteiger charge is -2.32. The largest absolute Gasteiger partial charge is 0.340 e. The van der Waals surface area contributed by atoms with Gasteiger partial charge in [0.2, 0.25) is 5.95 Å². The summed E-state index contributed by atoms with van der Waals surface area (Å²) in [6, 6.07) is 4.11. The van der Waals surface area contributed by atoms with Gasteiger partial charge in [0.15, 0.2) is 0 Å². The molecule has 0 amide bonds. The van der Waals surface area contributed by atoms with E-state index in [9.17, 15) is 0 Å². The van der Waals surface area contributed by atoms with E-state index in [-0.39, 0.29) is 0 Å². The van der Waals surface area contributed by atoms with Gasteiger partial charge in [-0.2, -0.15) is 0 Å². The highest BCUT2D eigenvalue weighted by Crippen LogP contribution is 2.27. The molecule has 0 spiro atoms. The molecule has 1 fully saturated rings. The summed E-state index contributed by atoms with van der Waals surface area (Å²) in [5.41, 5.74) is 3.30. The molecule has 1 saturated heterocycles. The summed E-state index contributed by atoms with van der Waals surface area (Å²) in [4.78, 5) is 20.4. The van der Waals surface area contributed by atoms with Gasteiger partial charge in [-0.3, -0.25) is 0 Å². The van der Waals surface area contributed by atoms with Crippen LogP contribution in [0.3, 0.4) is 0 Å². The van der Waals surface area contributed by atoms with E-state index in [1.54, 1.807) is 0 Å². The average Bonchev–Trinajstić information content (AvgIpc) is 2.54. The van der Waals surface area contributed by atoms with Crippen LogP contribution in [0, 0.1) is 13.8 Å². The van der Waals surface area contributed by atoms with Crippen molar-refractivity contribution in [2.75, 3.05) is 18.0 Å². The predicted molar refractivity (Wildman–Crippen MR) is 87.1 cm³/mol. The Labute approximate surface area is 131 Å².